The van der Waals surface area contributed by atoms with Crippen LogP contribution in [0.25, 0.3) is 0 Å². The molecule has 1 aromatic carbocycles. The summed E-state index contributed by atoms with van der Waals surface area (Å²) >= 11 is 0. The number of H-pyrrole nitrogens is 1. The Morgan fingerprint density at radius 1 is 1.32 bits per heavy atom. The van der Waals surface area contributed by atoms with E-state index < -0.39 is 0 Å². The summed E-state index contributed by atoms with van der Waals surface area (Å²) in [5, 5.41) is 11.8. The van der Waals surface area contributed by atoms with E-state index in [9.17, 15) is 9.59 Å². The molecule has 1 amide bonds. The number of aliphatic hydroxyl groups excluding tert-OH is 1. The van der Waals surface area contributed by atoms with E-state index in [1.54, 1.807) is 30.5 Å². The summed E-state index contributed by atoms with van der Waals surface area (Å²) in [6.45, 7) is 2.00. The number of ketones is 1. The number of amides is 1. The second-order valence-corrected chi connectivity index (χ2v) is 5.80. The Bertz CT molecular complexity index is 716. The van der Waals surface area contributed by atoms with Gasteiger partial charge >= 0.3 is 0 Å². The van der Waals surface area contributed by atoms with Gasteiger partial charge in [0.15, 0.2) is 5.78 Å². The molecule has 0 fully saturated rings. The molecule has 1 unspecified atom stereocenters. The second-order valence-electron chi connectivity index (χ2n) is 5.80. The van der Waals surface area contributed by atoms with E-state index >= 15 is 0 Å². The predicted octanol–water partition coefficient (Wildman–Crippen LogP) is 2.52. The summed E-state index contributed by atoms with van der Waals surface area (Å²) in [6.07, 6.45) is 2.88. The first-order chi connectivity index (χ1) is 10.6. The molecule has 22 heavy (non-hydrogen) atoms. The number of aromatic nitrogens is 1. The molecule has 0 bridgehead atoms. The van der Waals surface area contributed by atoms with Crippen molar-refractivity contribution in [3.05, 3.63) is 52.8 Å². The number of fused-ring (bicyclic) bond motifs is 1. The topological polar surface area (TPSA) is 82.2 Å². The number of benzene rings is 1. The first-order valence-corrected chi connectivity index (χ1v) is 7.33. The highest BCUT2D eigenvalue weighted by Crippen LogP contribution is 2.28. The maximum Gasteiger partial charge on any atom is 0.257 e. The van der Waals surface area contributed by atoms with Gasteiger partial charge in [-0.1, -0.05) is 19.1 Å². The van der Waals surface area contributed by atoms with Gasteiger partial charge in [0.05, 0.1) is 17.7 Å². The zero-order valence-corrected chi connectivity index (χ0v) is 12.3. The SMILES string of the molecule is CC1CC(=O)c2c(C(=O)Nc3ccc(CO)cc3)c[nH]c2C1. The van der Waals surface area contributed by atoms with E-state index in [0.29, 0.717) is 29.2 Å². The summed E-state index contributed by atoms with van der Waals surface area (Å²) in [4.78, 5) is 27.6. The summed E-state index contributed by atoms with van der Waals surface area (Å²) in [6, 6.07) is 6.95. The maximum absolute atomic E-state index is 12.4. The van der Waals surface area contributed by atoms with Gasteiger partial charge in [-0.2, -0.15) is 0 Å². The average Bonchev–Trinajstić information content (AvgIpc) is 2.92. The van der Waals surface area contributed by atoms with Gasteiger partial charge in [0.25, 0.3) is 5.91 Å². The normalized spacial score (nSPS) is 17.2. The largest absolute Gasteiger partial charge is 0.392 e. The molecule has 1 aliphatic rings. The van der Waals surface area contributed by atoms with Crippen LogP contribution in [0.2, 0.25) is 0 Å². The van der Waals surface area contributed by atoms with Gasteiger partial charge in [0.1, 0.15) is 0 Å². The van der Waals surface area contributed by atoms with E-state index in [2.05, 4.69) is 10.3 Å². The molecule has 0 saturated carbocycles. The Morgan fingerprint density at radius 2 is 2.05 bits per heavy atom. The van der Waals surface area contributed by atoms with Gasteiger partial charge in [-0.3, -0.25) is 9.59 Å². The zero-order chi connectivity index (χ0) is 15.7. The molecular weight excluding hydrogens is 280 g/mol. The van der Waals surface area contributed by atoms with Crippen LogP contribution >= 0.6 is 0 Å². The molecule has 1 heterocycles. The van der Waals surface area contributed by atoms with E-state index in [1.165, 1.54) is 0 Å². The van der Waals surface area contributed by atoms with Crippen LogP contribution in [0.4, 0.5) is 5.69 Å². The minimum atomic E-state index is -0.294. The van der Waals surface area contributed by atoms with Gasteiger partial charge < -0.3 is 15.4 Å². The highest BCUT2D eigenvalue weighted by molar-refractivity contribution is 6.13. The number of carbonyl (C=O) groups is 2. The van der Waals surface area contributed by atoms with Crippen LogP contribution in [-0.2, 0) is 13.0 Å². The van der Waals surface area contributed by atoms with Crippen LogP contribution in [0.15, 0.2) is 30.5 Å². The van der Waals surface area contributed by atoms with E-state index in [4.69, 9.17) is 5.11 Å². The number of aliphatic hydroxyl groups is 1. The van der Waals surface area contributed by atoms with Gasteiger partial charge in [0, 0.05) is 24.0 Å². The Kier molecular flexibility index (Phi) is 3.81. The monoisotopic (exact) mass is 298 g/mol. The van der Waals surface area contributed by atoms with Crippen molar-refractivity contribution in [1.82, 2.24) is 4.98 Å². The Labute approximate surface area is 128 Å². The minimum absolute atomic E-state index is 0.0239. The molecule has 0 aliphatic heterocycles. The molecule has 3 N–H and O–H groups in total. The lowest BCUT2D eigenvalue weighted by molar-refractivity contribution is 0.0940. The van der Waals surface area contributed by atoms with E-state index in [1.807, 2.05) is 6.92 Å². The summed E-state index contributed by atoms with van der Waals surface area (Å²) < 4.78 is 0. The molecule has 114 valence electrons. The van der Waals surface area contributed by atoms with E-state index in [-0.39, 0.29) is 18.3 Å². The van der Waals surface area contributed by atoms with Crippen molar-refractivity contribution in [2.45, 2.75) is 26.4 Å². The first kappa shape index (κ1) is 14.5. The fourth-order valence-corrected chi connectivity index (χ4v) is 2.86. The van der Waals surface area contributed by atoms with Crippen molar-refractivity contribution in [2.75, 3.05) is 5.32 Å². The molecule has 3 rings (SSSR count). The van der Waals surface area contributed by atoms with Crippen molar-refractivity contribution in [3.63, 3.8) is 0 Å². The van der Waals surface area contributed by atoms with Crippen LogP contribution < -0.4 is 5.32 Å². The number of carbonyl (C=O) groups excluding carboxylic acids is 2. The number of Topliss-reactive ketones (excluding diaryl/α,β-unsaturated/α-hetero) is 1. The van der Waals surface area contributed by atoms with Crippen LogP contribution in [0.3, 0.4) is 0 Å². The lowest BCUT2D eigenvalue weighted by Crippen LogP contribution is -2.21. The lowest BCUT2D eigenvalue weighted by Gasteiger charge is -2.17. The van der Waals surface area contributed by atoms with Gasteiger partial charge in [-0.15, -0.1) is 0 Å². The summed E-state index contributed by atoms with van der Waals surface area (Å²) in [5.74, 6) is 0.0357. The molecule has 5 heteroatoms. The molecule has 0 spiro atoms. The van der Waals surface area contributed by atoms with Gasteiger partial charge in [0.2, 0.25) is 0 Å². The van der Waals surface area contributed by atoms with Crippen molar-refractivity contribution < 1.29 is 14.7 Å². The highest BCUT2D eigenvalue weighted by atomic mass is 16.3. The summed E-state index contributed by atoms with van der Waals surface area (Å²) in [7, 11) is 0. The molecule has 1 atom stereocenters. The van der Waals surface area contributed by atoms with Crippen LogP contribution in [0.1, 0.15) is 45.3 Å². The fourth-order valence-electron chi connectivity index (χ4n) is 2.86. The van der Waals surface area contributed by atoms with Gasteiger partial charge in [-0.25, -0.2) is 0 Å². The molecule has 5 nitrogen and oxygen atoms in total. The molecule has 1 aromatic heterocycles. The Hall–Kier alpha value is -2.40. The average molecular weight is 298 g/mol. The maximum atomic E-state index is 12.4. The number of hydrogen-bond donors (Lipinski definition) is 3. The number of aromatic amines is 1. The Balaban J connectivity index is 1.82. The smallest absolute Gasteiger partial charge is 0.257 e. The number of hydrogen-bond acceptors (Lipinski definition) is 3. The molecule has 0 saturated heterocycles. The second kappa shape index (κ2) is 5.77. The molecular formula is C17H18N2O3. The quantitative estimate of drug-likeness (QED) is 0.814. The third-order valence-corrected chi connectivity index (χ3v) is 3.97. The molecule has 2 aromatic rings. The standard InChI is InChI=1S/C17H18N2O3/c1-10-6-14-16(15(21)7-10)13(8-18-14)17(22)19-12-4-2-11(9-20)3-5-12/h2-5,8,10,18,20H,6-7,9H2,1H3,(H,19,22). The lowest BCUT2D eigenvalue weighted by atomic mass is 9.86. The summed E-state index contributed by atoms with van der Waals surface area (Å²) in [5.41, 5.74) is 3.19. The first-order valence-electron chi connectivity index (χ1n) is 7.33. The zero-order valence-electron chi connectivity index (χ0n) is 12.3. The minimum Gasteiger partial charge on any atom is -0.392 e. The van der Waals surface area contributed by atoms with E-state index in [0.717, 1.165) is 17.7 Å². The third-order valence-electron chi connectivity index (χ3n) is 3.97. The number of nitrogens with one attached hydrogen (secondary N) is 2. The predicted molar refractivity (Wildman–Crippen MR) is 82.9 cm³/mol. The van der Waals surface area contributed by atoms with Crippen molar-refractivity contribution in [3.8, 4) is 0 Å². The van der Waals surface area contributed by atoms with Crippen molar-refractivity contribution >= 4 is 17.4 Å². The van der Waals surface area contributed by atoms with Gasteiger partial charge in [-0.05, 0) is 30.0 Å². The number of anilines is 1. The molecule has 1 aliphatic carbocycles. The number of rotatable bonds is 3. The van der Waals surface area contributed by atoms with Crippen molar-refractivity contribution in [1.29, 1.82) is 0 Å². The van der Waals surface area contributed by atoms with Crippen LogP contribution in [-0.4, -0.2) is 21.8 Å². The Morgan fingerprint density at radius 3 is 2.73 bits per heavy atom. The van der Waals surface area contributed by atoms with Crippen molar-refractivity contribution in [2.24, 2.45) is 5.92 Å². The highest BCUT2D eigenvalue weighted by Gasteiger charge is 2.29. The van der Waals surface area contributed by atoms with Crippen LogP contribution in [0, 0.1) is 5.92 Å². The fraction of sp³-hybridized carbons (Fsp3) is 0.294. The molecule has 0 radical (unpaired) electrons. The third kappa shape index (κ3) is 2.67. The van der Waals surface area contributed by atoms with Crippen LogP contribution in [0.5, 0.6) is 0 Å².